The van der Waals surface area contributed by atoms with Gasteiger partial charge >= 0.3 is 5.97 Å². The van der Waals surface area contributed by atoms with Gasteiger partial charge in [0.2, 0.25) is 5.91 Å². The van der Waals surface area contributed by atoms with E-state index in [1.165, 1.54) is 24.6 Å². The second kappa shape index (κ2) is 7.86. The third-order valence-corrected chi connectivity index (χ3v) is 4.81. The van der Waals surface area contributed by atoms with Crippen LogP contribution in [0.3, 0.4) is 0 Å². The Morgan fingerprint density at radius 2 is 2.04 bits per heavy atom. The lowest BCUT2D eigenvalue weighted by atomic mass is 10.1. The summed E-state index contributed by atoms with van der Waals surface area (Å²) in [6.45, 7) is 5.51. The van der Waals surface area contributed by atoms with Crippen molar-refractivity contribution in [3.63, 3.8) is 0 Å². The third kappa shape index (κ3) is 3.72. The Labute approximate surface area is 151 Å². The fourth-order valence-corrected chi connectivity index (χ4v) is 3.35. The fraction of sp³-hybridized carbons (Fsp3) is 0.474. The average molecular weight is 361 g/mol. The lowest BCUT2D eigenvalue weighted by Crippen LogP contribution is -2.44. The molecule has 2 N–H and O–H groups in total. The van der Waals surface area contributed by atoms with E-state index in [4.69, 9.17) is 4.74 Å². The number of aromatic amines is 1. The maximum absolute atomic E-state index is 13.7. The molecule has 0 radical (unpaired) electrons. The monoisotopic (exact) mass is 361 g/mol. The minimum Gasteiger partial charge on any atom is -0.461 e. The van der Waals surface area contributed by atoms with Crippen LogP contribution in [-0.4, -0.2) is 47.5 Å². The summed E-state index contributed by atoms with van der Waals surface area (Å²) in [6.07, 6.45) is 3.33. The molecule has 0 spiro atoms. The van der Waals surface area contributed by atoms with Crippen molar-refractivity contribution in [1.29, 1.82) is 0 Å². The summed E-state index contributed by atoms with van der Waals surface area (Å²) in [5.41, 5.74) is 0.967. The number of esters is 1. The van der Waals surface area contributed by atoms with Crippen LogP contribution in [0.1, 0.15) is 43.6 Å². The summed E-state index contributed by atoms with van der Waals surface area (Å²) < 4.78 is 18.8. The van der Waals surface area contributed by atoms with Crippen LogP contribution in [0.4, 0.5) is 10.1 Å². The van der Waals surface area contributed by atoms with Crippen LogP contribution in [0, 0.1) is 5.82 Å². The molecular formula is C19H24FN3O3. The number of hydrogen-bond acceptors (Lipinski definition) is 4. The van der Waals surface area contributed by atoms with Crippen LogP contribution >= 0.6 is 0 Å². The van der Waals surface area contributed by atoms with Gasteiger partial charge in [-0.3, -0.25) is 9.69 Å². The Morgan fingerprint density at radius 1 is 1.31 bits per heavy atom. The number of halogens is 1. The topological polar surface area (TPSA) is 74.4 Å². The maximum atomic E-state index is 13.7. The normalized spacial score (nSPS) is 16.4. The molecular weight excluding hydrogens is 337 g/mol. The van der Waals surface area contributed by atoms with Crippen LogP contribution in [0.2, 0.25) is 0 Å². The van der Waals surface area contributed by atoms with Crippen molar-refractivity contribution in [2.24, 2.45) is 0 Å². The van der Waals surface area contributed by atoms with E-state index >= 15 is 0 Å². The first-order valence-electron chi connectivity index (χ1n) is 9.04. The quantitative estimate of drug-likeness (QED) is 0.802. The van der Waals surface area contributed by atoms with Crippen molar-refractivity contribution in [3.8, 4) is 0 Å². The zero-order chi connectivity index (χ0) is 18.7. The van der Waals surface area contributed by atoms with E-state index < -0.39 is 11.8 Å². The zero-order valence-electron chi connectivity index (χ0n) is 15.1. The number of fused-ring (bicyclic) bond motifs is 1. The van der Waals surface area contributed by atoms with Gasteiger partial charge in [-0.2, -0.15) is 0 Å². The highest BCUT2D eigenvalue weighted by Crippen LogP contribution is 2.29. The number of anilines is 1. The molecule has 1 amide bonds. The first kappa shape index (κ1) is 18.4. The summed E-state index contributed by atoms with van der Waals surface area (Å²) in [6, 6.07) is 3.81. The largest absolute Gasteiger partial charge is 0.461 e. The summed E-state index contributed by atoms with van der Waals surface area (Å²) >= 11 is 0. The lowest BCUT2D eigenvalue weighted by Gasteiger charge is -2.31. The summed E-state index contributed by atoms with van der Waals surface area (Å²) in [5.74, 6) is -1.24. The molecule has 2 heterocycles. The minimum absolute atomic E-state index is 0.131. The molecule has 140 valence electrons. The molecule has 1 atom stereocenters. The van der Waals surface area contributed by atoms with Crippen molar-refractivity contribution in [1.82, 2.24) is 9.88 Å². The van der Waals surface area contributed by atoms with Crippen LogP contribution in [0.15, 0.2) is 18.2 Å². The van der Waals surface area contributed by atoms with Crippen LogP contribution < -0.4 is 5.32 Å². The Kier molecular flexibility index (Phi) is 5.56. The van der Waals surface area contributed by atoms with E-state index in [0.29, 0.717) is 10.9 Å². The number of nitrogens with one attached hydrogen (secondary N) is 2. The Balaban J connectivity index is 1.91. The van der Waals surface area contributed by atoms with Gasteiger partial charge in [0, 0.05) is 10.9 Å². The van der Waals surface area contributed by atoms with E-state index in [-0.39, 0.29) is 29.9 Å². The molecule has 1 aliphatic heterocycles. The highest BCUT2D eigenvalue weighted by atomic mass is 19.1. The first-order chi connectivity index (χ1) is 12.5. The number of piperidine rings is 1. The average Bonchev–Trinajstić information content (AvgIpc) is 3.00. The van der Waals surface area contributed by atoms with Crippen LogP contribution in [0.5, 0.6) is 0 Å². The van der Waals surface area contributed by atoms with E-state index in [1.807, 2.05) is 6.92 Å². The number of ether oxygens (including phenoxy) is 1. The van der Waals surface area contributed by atoms with Gasteiger partial charge in [-0.1, -0.05) is 6.42 Å². The third-order valence-electron chi connectivity index (χ3n) is 4.81. The molecule has 1 fully saturated rings. The summed E-state index contributed by atoms with van der Waals surface area (Å²) in [5, 5.41) is 3.27. The number of nitrogens with zero attached hydrogens (tertiary/aromatic N) is 1. The number of likely N-dealkylation sites (tertiary alicyclic amines) is 1. The summed E-state index contributed by atoms with van der Waals surface area (Å²) in [7, 11) is 0. The van der Waals surface area contributed by atoms with Crippen LogP contribution in [-0.2, 0) is 9.53 Å². The molecule has 0 saturated carbocycles. The second-order valence-corrected chi connectivity index (χ2v) is 6.55. The number of rotatable bonds is 5. The predicted octanol–water partition coefficient (Wildman–Crippen LogP) is 3.30. The van der Waals surface area contributed by atoms with Gasteiger partial charge in [0.05, 0.1) is 18.3 Å². The Bertz CT molecular complexity index is 812. The second-order valence-electron chi connectivity index (χ2n) is 6.55. The van der Waals surface area contributed by atoms with Crippen molar-refractivity contribution < 1.29 is 18.7 Å². The molecule has 6 nitrogen and oxygen atoms in total. The lowest BCUT2D eigenvalue weighted by molar-refractivity contribution is -0.121. The number of aromatic nitrogens is 1. The number of benzene rings is 1. The molecule has 1 aromatic heterocycles. The number of hydrogen-bond donors (Lipinski definition) is 2. The van der Waals surface area contributed by atoms with E-state index in [1.54, 1.807) is 6.92 Å². The minimum atomic E-state index is -0.579. The maximum Gasteiger partial charge on any atom is 0.356 e. The van der Waals surface area contributed by atoms with Gasteiger partial charge in [-0.25, -0.2) is 9.18 Å². The number of H-pyrrole nitrogens is 1. The van der Waals surface area contributed by atoms with Crippen molar-refractivity contribution >= 4 is 28.5 Å². The molecule has 1 aromatic carbocycles. The van der Waals surface area contributed by atoms with Crippen molar-refractivity contribution in [3.05, 3.63) is 29.7 Å². The first-order valence-corrected chi connectivity index (χ1v) is 9.04. The van der Waals surface area contributed by atoms with Gasteiger partial charge in [0.15, 0.2) is 0 Å². The van der Waals surface area contributed by atoms with Crippen molar-refractivity contribution in [2.75, 3.05) is 25.0 Å². The van der Waals surface area contributed by atoms with E-state index in [2.05, 4.69) is 15.2 Å². The van der Waals surface area contributed by atoms with Crippen molar-refractivity contribution in [2.45, 2.75) is 39.2 Å². The van der Waals surface area contributed by atoms with Gasteiger partial charge in [-0.05, 0) is 58.0 Å². The zero-order valence-corrected chi connectivity index (χ0v) is 15.1. The Morgan fingerprint density at radius 3 is 2.73 bits per heavy atom. The predicted molar refractivity (Wildman–Crippen MR) is 97.7 cm³/mol. The van der Waals surface area contributed by atoms with Gasteiger partial charge in [0.25, 0.3) is 0 Å². The van der Waals surface area contributed by atoms with Gasteiger partial charge < -0.3 is 15.0 Å². The molecule has 1 unspecified atom stereocenters. The molecule has 1 aliphatic rings. The van der Waals surface area contributed by atoms with Gasteiger partial charge in [0.1, 0.15) is 11.5 Å². The number of carbonyl (C=O) groups is 2. The molecule has 0 bridgehead atoms. The fourth-order valence-electron chi connectivity index (χ4n) is 3.35. The highest BCUT2D eigenvalue weighted by molar-refractivity contribution is 6.11. The molecule has 7 heteroatoms. The van der Waals surface area contributed by atoms with E-state index in [9.17, 15) is 14.0 Å². The van der Waals surface area contributed by atoms with Crippen LogP contribution in [0.25, 0.3) is 10.9 Å². The molecule has 0 aliphatic carbocycles. The summed E-state index contributed by atoms with van der Waals surface area (Å²) in [4.78, 5) is 30.1. The molecule has 3 rings (SSSR count). The van der Waals surface area contributed by atoms with Gasteiger partial charge in [-0.15, -0.1) is 0 Å². The molecule has 2 aromatic rings. The molecule has 1 saturated heterocycles. The SMILES string of the molecule is CCOC(=O)c1[nH]c2ccc(F)cc2c1NC(=O)C(C)N1CCCCC1. The number of carbonyl (C=O) groups excluding carboxylic acids is 2. The van der Waals surface area contributed by atoms with E-state index in [0.717, 1.165) is 25.9 Å². The molecule has 26 heavy (non-hydrogen) atoms. The smallest absolute Gasteiger partial charge is 0.356 e. The highest BCUT2D eigenvalue weighted by Gasteiger charge is 2.26. The Hall–Kier alpha value is -2.41. The number of amides is 1. The standard InChI is InChI=1S/C19H24FN3O3/c1-3-26-19(25)17-16(14-11-13(20)7-8-15(14)21-17)22-18(24)12(2)23-9-5-4-6-10-23/h7-8,11-12,21H,3-6,9-10H2,1-2H3,(H,22,24).